The topological polar surface area (TPSA) is 66.0 Å². The molecule has 3 aromatic heterocycles. The van der Waals surface area contributed by atoms with Gasteiger partial charge in [-0.2, -0.15) is 0 Å². The number of nitrogens with zero attached hydrogens (tertiary/aromatic N) is 4. The van der Waals surface area contributed by atoms with E-state index in [0.717, 1.165) is 59.5 Å². The van der Waals surface area contributed by atoms with E-state index in [0.29, 0.717) is 12.5 Å². The molecule has 1 saturated heterocycles. The highest BCUT2D eigenvalue weighted by molar-refractivity contribution is 6.02. The van der Waals surface area contributed by atoms with Gasteiger partial charge in [-0.05, 0) is 18.9 Å². The Bertz CT molecular complexity index is 1020. The summed E-state index contributed by atoms with van der Waals surface area (Å²) >= 11 is 0. The van der Waals surface area contributed by atoms with Gasteiger partial charge < -0.3 is 13.8 Å². The molecule has 1 aliphatic heterocycles. The number of hydrogen-bond donors (Lipinski definition) is 0. The molecule has 0 atom stereocenters. The summed E-state index contributed by atoms with van der Waals surface area (Å²) in [5.41, 5.74) is 3.98. The van der Waals surface area contributed by atoms with E-state index >= 15 is 0 Å². The van der Waals surface area contributed by atoms with E-state index in [1.807, 2.05) is 24.4 Å². The Kier molecular flexibility index (Phi) is 3.48. The van der Waals surface area contributed by atoms with Gasteiger partial charge in [-0.1, -0.05) is 23.4 Å². The largest absolute Gasteiger partial charge is 0.381 e. The zero-order valence-corrected chi connectivity index (χ0v) is 13.8. The van der Waals surface area contributed by atoms with Crippen LogP contribution in [0.15, 0.2) is 47.3 Å². The fraction of sp³-hybridized carbons (Fsp3) is 0.316. The number of benzene rings is 1. The van der Waals surface area contributed by atoms with Crippen molar-refractivity contribution in [3.63, 3.8) is 0 Å². The highest BCUT2D eigenvalue weighted by Crippen LogP contribution is 2.32. The van der Waals surface area contributed by atoms with Crippen LogP contribution in [0.3, 0.4) is 0 Å². The number of fused-ring (bicyclic) bond motifs is 3. The smallest absolute Gasteiger partial charge is 0.124 e. The molecule has 4 heterocycles. The molecule has 1 fully saturated rings. The van der Waals surface area contributed by atoms with Crippen LogP contribution in [0.5, 0.6) is 0 Å². The molecule has 25 heavy (non-hydrogen) atoms. The van der Waals surface area contributed by atoms with Crippen molar-refractivity contribution >= 4 is 21.9 Å². The second-order valence-electron chi connectivity index (χ2n) is 6.42. The van der Waals surface area contributed by atoms with E-state index in [4.69, 9.17) is 14.2 Å². The lowest BCUT2D eigenvalue weighted by Gasteiger charge is -2.26. The van der Waals surface area contributed by atoms with Crippen molar-refractivity contribution in [2.75, 3.05) is 13.2 Å². The van der Waals surface area contributed by atoms with Crippen LogP contribution < -0.4 is 0 Å². The molecule has 6 nitrogen and oxygen atoms in total. The van der Waals surface area contributed by atoms with Crippen LogP contribution in [-0.4, -0.2) is 32.9 Å². The van der Waals surface area contributed by atoms with Crippen LogP contribution in [-0.2, 0) is 11.2 Å². The van der Waals surface area contributed by atoms with Gasteiger partial charge in [0.2, 0.25) is 0 Å². The molecule has 0 unspecified atom stereocenters. The molecule has 4 aromatic rings. The third-order valence-electron chi connectivity index (χ3n) is 4.88. The molecule has 1 aliphatic rings. The van der Waals surface area contributed by atoms with Crippen molar-refractivity contribution in [1.29, 1.82) is 0 Å². The number of ether oxygens (including phenoxy) is 1. The van der Waals surface area contributed by atoms with Gasteiger partial charge in [-0.25, -0.2) is 4.98 Å². The first-order chi connectivity index (χ1) is 12.4. The summed E-state index contributed by atoms with van der Waals surface area (Å²) in [6.07, 6.45) is 6.12. The van der Waals surface area contributed by atoms with Gasteiger partial charge in [0.15, 0.2) is 0 Å². The molecular formula is C19H18N4O2. The summed E-state index contributed by atoms with van der Waals surface area (Å²) in [7, 11) is 0. The zero-order valence-electron chi connectivity index (χ0n) is 13.8. The first-order valence-electron chi connectivity index (χ1n) is 8.62. The lowest BCUT2D eigenvalue weighted by atomic mass is 10.1. The van der Waals surface area contributed by atoms with Crippen LogP contribution in [0, 0.1) is 0 Å². The van der Waals surface area contributed by atoms with Gasteiger partial charge >= 0.3 is 0 Å². The molecule has 126 valence electrons. The maximum atomic E-state index is 5.57. The quantitative estimate of drug-likeness (QED) is 0.573. The second kappa shape index (κ2) is 5.97. The minimum Gasteiger partial charge on any atom is -0.381 e. The van der Waals surface area contributed by atoms with Crippen molar-refractivity contribution in [2.24, 2.45) is 0 Å². The average molecular weight is 334 g/mol. The number of hydrogen-bond acceptors (Lipinski definition) is 5. The number of aromatic nitrogens is 4. The van der Waals surface area contributed by atoms with Gasteiger partial charge in [0.25, 0.3) is 0 Å². The molecule has 0 radical (unpaired) electrons. The molecule has 0 amide bonds. The van der Waals surface area contributed by atoms with Gasteiger partial charge in [-0.15, -0.1) is 0 Å². The van der Waals surface area contributed by atoms with Crippen LogP contribution in [0.1, 0.15) is 30.4 Å². The molecular weight excluding hydrogens is 316 g/mol. The monoisotopic (exact) mass is 334 g/mol. The highest BCUT2D eigenvalue weighted by atomic mass is 16.5. The average Bonchev–Trinajstić information content (AvgIpc) is 3.30. The highest BCUT2D eigenvalue weighted by Gasteiger charge is 2.23. The Morgan fingerprint density at radius 3 is 2.80 bits per heavy atom. The van der Waals surface area contributed by atoms with Gasteiger partial charge in [0.05, 0.1) is 29.3 Å². The fourth-order valence-corrected chi connectivity index (χ4v) is 3.73. The standard InChI is InChI=1S/C19H18N4O2/c1-2-4-16-15(3-1)19-17(12-20-16)21-18(11-13-5-10-25-22-13)23(19)14-6-8-24-9-7-14/h1-5,10,12,14H,6-9,11H2. The van der Waals surface area contributed by atoms with E-state index in [1.54, 1.807) is 6.26 Å². The van der Waals surface area contributed by atoms with Crippen molar-refractivity contribution in [1.82, 2.24) is 19.7 Å². The van der Waals surface area contributed by atoms with Gasteiger partial charge in [-0.3, -0.25) is 4.98 Å². The lowest BCUT2D eigenvalue weighted by Crippen LogP contribution is -2.21. The lowest BCUT2D eigenvalue weighted by molar-refractivity contribution is 0.0700. The Morgan fingerprint density at radius 2 is 1.96 bits per heavy atom. The molecule has 1 aromatic carbocycles. The van der Waals surface area contributed by atoms with E-state index in [-0.39, 0.29) is 0 Å². The van der Waals surface area contributed by atoms with Crippen molar-refractivity contribution in [2.45, 2.75) is 25.3 Å². The fourth-order valence-electron chi connectivity index (χ4n) is 3.73. The number of pyridine rings is 1. The Balaban J connectivity index is 1.75. The molecule has 0 bridgehead atoms. The summed E-state index contributed by atoms with van der Waals surface area (Å²) in [5, 5.41) is 5.21. The third-order valence-corrected chi connectivity index (χ3v) is 4.88. The van der Waals surface area contributed by atoms with Crippen LogP contribution >= 0.6 is 0 Å². The molecule has 6 heteroatoms. The minimum atomic E-state index is 0.381. The molecule has 0 saturated carbocycles. The first-order valence-corrected chi connectivity index (χ1v) is 8.62. The van der Waals surface area contributed by atoms with Gasteiger partial charge in [0.1, 0.15) is 17.6 Å². The van der Waals surface area contributed by atoms with Gasteiger partial charge in [0, 0.05) is 30.7 Å². The summed E-state index contributed by atoms with van der Waals surface area (Å²) in [4.78, 5) is 9.46. The van der Waals surface area contributed by atoms with Crippen LogP contribution in [0.2, 0.25) is 0 Å². The normalized spacial score (nSPS) is 16.0. The Labute approximate surface area is 144 Å². The van der Waals surface area contributed by atoms with E-state index < -0.39 is 0 Å². The molecule has 0 N–H and O–H groups in total. The van der Waals surface area contributed by atoms with Crippen molar-refractivity contribution in [3.05, 3.63) is 54.3 Å². The Hall–Kier alpha value is -2.73. The maximum absolute atomic E-state index is 5.57. The minimum absolute atomic E-state index is 0.381. The molecule has 0 aliphatic carbocycles. The predicted octanol–water partition coefficient (Wildman–Crippen LogP) is 3.51. The SMILES string of the molecule is c1ccc2c(c1)ncc1nc(Cc3ccon3)n(C3CCOCC3)c12. The van der Waals surface area contributed by atoms with E-state index in [2.05, 4.69) is 26.8 Å². The zero-order chi connectivity index (χ0) is 16.6. The Morgan fingerprint density at radius 1 is 1.08 bits per heavy atom. The summed E-state index contributed by atoms with van der Waals surface area (Å²) in [6, 6.07) is 10.5. The third kappa shape index (κ3) is 2.49. The van der Waals surface area contributed by atoms with Crippen LogP contribution in [0.25, 0.3) is 21.9 Å². The summed E-state index contributed by atoms with van der Waals surface area (Å²) < 4.78 is 13.0. The van der Waals surface area contributed by atoms with Crippen molar-refractivity contribution < 1.29 is 9.26 Å². The number of rotatable bonds is 3. The van der Waals surface area contributed by atoms with Crippen LogP contribution in [0.4, 0.5) is 0 Å². The predicted molar refractivity (Wildman–Crippen MR) is 93.4 cm³/mol. The van der Waals surface area contributed by atoms with E-state index in [1.165, 1.54) is 0 Å². The number of para-hydroxylation sites is 1. The summed E-state index contributed by atoms with van der Waals surface area (Å²) in [5.74, 6) is 1.01. The molecule has 5 rings (SSSR count). The van der Waals surface area contributed by atoms with E-state index in [9.17, 15) is 0 Å². The second-order valence-corrected chi connectivity index (χ2v) is 6.42. The van der Waals surface area contributed by atoms with Crippen molar-refractivity contribution in [3.8, 4) is 0 Å². The maximum Gasteiger partial charge on any atom is 0.124 e. The summed E-state index contributed by atoms with van der Waals surface area (Å²) in [6.45, 7) is 1.58. The number of imidazole rings is 1. The molecule has 0 spiro atoms. The first kappa shape index (κ1) is 14.6.